The molecular formula is C26H41N7O3. The number of unbranched alkanes of at least 4 members (excludes halogenated alkanes) is 1. The van der Waals surface area contributed by atoms with Gasteiger partial charge in [0.2, 0.25) is 5.95 Å². The summed E-state index contributed by atoms with van der Waals surface area (Å²) in [7, 11) is 1.66. The zero-order valence-electron chi connectivity index (χ0n) is 22.0. The van der Waals surface area contributed by atoms with E-state index in [-0.39, 0.29) is 18.2 Å². The normalized spacial score (nSPS) is 17.1. The Labute approximate surface area is 214 Å². The number of nitrogens with zero attached hydrogens (tertiary/aromatic N) is 4. The third-order valence-corrected chi connectivity index (χ3v) is 6.52. The minimum atomic E-state index is -0.157. The highest BCUT2D eigenvalue weighted by Crippen LogP contribution is 2.27. The highest BCUT2D eigenvalue weighted by molar-refractivity contribution is 5.89. The number of rotatable bonds is 13. The van der Waals surface area contributed by atoms with E-state index in [4.69, 9.17) is 20.9 Å². The Balaban J connectivity index is 1.70. The van der Waals surface area contributed by atoms with E-state index in [2.05, 4.69) is 47.1 Å². The van der Waals surface area contributed by atoms with Gasteiger partial charge in [0.1, 0.15) is 17.1 Å². The summed E-state index contributed by atoms with van der Waals surface area (Å²) in [6.45, 7) is 9.40. The average molecular weight is 500 g/mol. The first kappa shape index (κ1) is 27.6. The predicted molar refractivity (Wildman–Crippen MR) is 145 cm³/mol. The van der Waals surface area contributed by atoms with Crippen LogP contribution >= 0.6 is 0 Å². The van der Waals surface area contributed by atoms with E-state index in [1.165, 1.54) is 0 Å². The fourth-order valence-electron chi connectivity index (χ4n) is 4.36. The summed E-state index contributed by atoms with van der Waals surface area (Å²) >= 11 is 0. The van der Waals surface area contributed by atoms with Gasteiger partial charge in [0, 0.05) is 44.1 Å². The molecule has 36 heavy (non-hydrogen) atoms. The fourth-order valence-corrected chi connectivity index (χ4v) is 4.36. The fraction of sp³-hybridized carbons (Fsp3) is 0.577. The maximum Gasteiger partial charge on any atom is 0.222 e. The van der Waals surface area contributed by atoms with Crippen molar-refractivity contribution in [2.45, 2.75) is 64.8 Å². The quantitative estimate of drug-likeness (QED) is 0.306. The summed E-state index contributed by atoms with van der Waals surface area (Å²) < 4.78 is 11.4. The lowest BCUT2D eigenvalue weighted by molar-refractivity contribution is 0.0214. The van der Waals surface area contributed by atoms with Gasteiger partial charge >= 0.3 is 0 Å². The van der Waals surface area contributed by atoms with Crippen LogP contribution in [-0.4, -0.2) is 66.3 Å². The highest BCUT2D eigenvalue weighted by Gasteiger charge is 2.35. The van der Waals surface area contributed by atoms with Crippen molar-refractivity contribution < 1.29 is 14.6 Å². The van der Waals surface area contributed by atoms with Crippen LogP contribution in [0.2, 0.25) is 0 Å². The number of aliphatic hydroxyl groups excluding tert-OH is 1. The van der Waals surface area contributed by atoms with Gasteiger partial charge in [-0.2, -0.15) is 4.98 Å². The Morgan fingerprint density at radius 2 is 2.11 bits per heavy atom. The Bertz CT molecular complexity index is 1030. The lowest BCUT2D eigenvalue weighted by Gasteiger charge is -2.26. The second-order valence-corrected chi connectivity index (χ2v) is 9.56. The molecule has 0 aliphatic carbocycles. The molecule has 10 nitrogen and oxygen atoms in total. The van der Waals surface area contributed by atoms with Crippen LogP contribution < -0.4 is 26.4 Å². The molecule has 0 amide bonds. The van der Waals surface area contributed by atoms with Gasteiger partial charge < -0.3 is 36.3 Å². The number of benzene rings is 1. The minimum absolute atomic E-state index is 0.00596. The van der Waals surface area contributed by atoms with Gasteiger partial charge in [0.25, 0.3) is 0 Å². The average Bonchev–Trinajstić information content (AvgIpc) is 3.20. The summed E-state index contributed by atoms with van der Waals surface area (Å²) in [6, 6.07) is 6.47. The number of nitrogen functional groups attached to an aromatic ring is 2. The molecule has 1 aliphatic rings. The van der Waals surface area contributed by atoms with E-state index in [1.807, 2.05) is 17.0 Å². The van der Waals surface area contributed by atoms with Crippen LogP contribution in [-0.2, 0) is 17.8 Å². The number of aliphatic imine (C=N–C) groups is 1. The number of hydrogen-bond acceptors (Lipinski definition) is 10. The van der Waals surface area contributed by atoms with Crippen molar-refractivity contribution in [1.29, 1.82) is 0 Å². The Morgan fingerprint density at radius 3 is 2.78 bits per heavy atom. The summed E-state index contributed by atoms with van der Waals surface area (Å²) in [6.07, 6.45) is 4.58. The monoisotopic (exact) mass is 499 g/mol. The molecule has 2 aromatic rings. The van der Waals surface area contributed by atoms with Gasteiger partial charge in [-0.05, 0) is 38.3 Å². The van der Waals surface area contributed by atoms with Gasteiger partial charge in [-0.25, -0.2) is 4.98 Å². The summed E-state index contributed by atoms with van der Waals surface area (Å²) in [5.41, 5.74) is 15.1. The van der Waals surface area contributed by atoms with Gasteiger partial charge in [0.15, 0.2) is 5.82 Å². The molecule has 1 unspecified atom stereocenters. The van der Waals surface area contributed by atoms with Crippen molar-refractivity contribution in [2.75, 3.05) is 49.8 Å². The van der Waals surface area contributed by atoms with Crippen molar-refractivity contribution in [3.63, 3.8) is 0 Å². The topological polar surface area (TPSA) is 144 Å². The van der Waals surface area contributed by atoms with Crippen LogP contribution in [0, 0.1) is 0 Å². The van der Waals surface area contributed by atoms with E-state index < -0.39 is 0 Å². The minimum Gasteiger partial charge on any atom is -0.496 e. The van der Waals surface area contributed by atoms with E-state index in [0.717, 1.165) is 55.8 Å². The third kappa shape index (κ3) is 7.05. The second-order valence-electron chi connectivity index (χ2n) is 9.56. The molecule has 2 heterocycles. The van der Waals surface area contributed by atoms with Crippen LogP contribution in [0.3, 0.4) is 0 Å². The number of hydrogen-bond donors (Lipinski definition) is 4. The smallest absolute Gasteiger partial charge is 0.222 e. The molecule has 10 heteroatoms. The lowest BCUT2D eigenvalue weighted by atomic mass is 9.98. The van der Waals surface area contributed by atoms with Gasteiger partial charge in [-0.15, -0.1) is 0 Å². The van der Waals surface area contributed by atoms with Crippen molar-refractivity contribution in [2.24, 2.45) is 4.99 Å². The number of nitrogens with one attached hydrogen (secondary N) is 1. The molecule has 0 bridgehead atoms. The summed E-state index contributed by atoms with van der Waals surface area (Å²) in [5, 5.41) is 13.1. The zero-order valence-corrected chi connectivity index (χ0v) is 22.0. The molecule has 1 aromatic carbocycles. The van der Waals surface area contributed by atoms with Gasteiger partial charge in [-0.1, -0.05) is 25.5 Å². The van der Waals surface area contributed by atoms with E-state index in [9.17, 15) is 5.11 Å². The molecular weight excluding hydrogens is 458 g/mol. The van der Waals surface area contributed by atoms with E-state index >= 15 is 0 Å². The van der Waals surface area contributed by atoms with E-state index in [0.29, 0.717) is 36.3 Å². The maximum absolute atomic E-state index is 9.47. The number of nitrogens with two attached hydrogens (primary N) is 2. The lowest BCUT2D eigenvalue weighted by Crippen LogP contribution is -2.42. The molecule has 6 N–H and O–H groups in total. The van der Waals surface area contributed by atoms with Crippen molar-refractivity contribution >= 4 is 23.7 Å². The van der Waals surface area contributed by atoms with Crippen LogP contribution in [0.1, 0.15) is 56.9 Å². The summed E-state index contributed by atoms with van der Waals surface area (Å²) in [4.78, 5) is 15.1. The first-order valence-corrected chi connectivity index (χ1v) is 12.6. The molecule has 1 atom stereocenters. The predicted octanol–water partition coefficient (Wildman–Crippen LogP) is 2.52. The molecule has 3 rings (SSSR count). The first-order chi connectivity index (χ1) is 17.3. The highest BCUT2D eigenvalue weighted by atomic mass is 16.5. The van der Waals surface area contributed by atoms with Crippen LogP contribution in [0.4, 0.5) is 17.5 Å². The number of aliphatic hydroxyl groups is 1. The van der Waals surface area contributed by atoms with E-state index in [1.54, 1.807) is 13.3 Å². The molecule has 1 aliphatic heterocycles. The molecule has 198 valence electrons. The number of aromatic nitrogens is 2. The second kappa shape index (κ2) is 12.8. The Morgan fingerprint density at radius 1 is 1.31 bits per heavy atom. The molecule has 1 aromatic heterocycles. The van der Waals surface area contributed by atoms with Crippen molar-refractivity contribution in [1.82, 2.24) is 15.3 Å². The molecule has 1 saturated heterocycles. The zero-order chi connectivity index (χ0) is 26.1. The van der Waals surface area contributed by atoms with Crippen LogP contribution in [0.5, 0.6) is 5.75 Å². The van der Waals surface area contributed by atoms with Crippen LogP contribution in [0.15, 0.2) is 23.2 Å². The van der Waals surface area contributed by atoms with Gasteiger partial charge in [-0.3, -0.25) is 4.99 Å². The van der Waals surface area contributed by atoms with Crippen molar-refractivity contribution in [3.8, 4) is 5.75 Å². The third-order valence-electron chi connectivity index (χ3n) is 6.52. The molecule has 1 fully saturated rings. The first-order valence-electron chi connectivity index (χ1n) is 12.6. The Kier molecular flexibility index (Phi) is 9.86. The number of methoxy groups -OCH3 is 1. The summed E-state index contributed by atoms with van der Waals surface area (Å²) in [5.74, 6) is 1.42. The Hall–Kier alpha value is -2.95. The number of ether oxygens (including phenoxy) is 2. The molecule has 0 spiro atoms. The number of anilines is 3. The van der Waals surface area contributed by atoms with Gasteiger partial charge in [0.05, 0.1) is 25.9 Å². The standard InChI is InChI=1S/C26H41N7O3/c1-5-6-10-33(11-12-34)24-23(27)20(31-25(28)32-24)17-29-16-19-8-7-18(14-21(19)35-4)15-30-22-9-13-36-26(22,2)3/h7-8,14,17,22,30,34H,5-6,9-13,15-16,27H2,1-4H3,(H2,28,31,32). The molecule has 0 saturated carbocycles. The largest absolute Gasteiger partial charge is 0.496 e. The molecule has 0 radical (unpaired) electrons. The van der Waals surface area contributed by atoms with Crippen LogP contribution in [0.25, 0.3) is 0 Å². The maximum atomic E-state index is 9.47. The SMILES string of the molecule is CCCCN(CCO)c1nc(N)nc(C=NCc2ccc(CNC3CCOC3(C)C)cc2OC)c1N. The van der Waals surface area contributed by atoms with Crippen molar-refractivity contribution in [3.05, 3.63) is 35.0 Å².